The van der Waals surface area contributed by atoms with Gasteiger partial charge in [0.05, 0.1) is 19.3 Å². The maximum Gasteiger partial charge on any atom is 0.135 e. The molecule has 1 heterocycles. The van der Waals surface area contributed by atoms with Crippen LogP contribution in [-0.4, -0.2) is 28.6 Å². The summed E-state index contributed by atoms with van der Waals surface area (Å²) in [7, 11) is 0. The number of halogens is 3. The predicted octanol–water partition coefficient (Wildman–Crippen LogP) is 7.41. The Kier molecular flexibility index (Phi) is 9.28. The summed E-state index contributed by atoms with van der Waals surface area (Å²) in [5, 5.41) is 0.683. The molecule has 0 amide bonds. The summed E-state index contributed by atoms with van der Waals surface area (Å²) in [4.78, 5) is 4.40. The Hall–Kier alpha value is -2.43. The molecule has 1 aliphatic heterocycles. The van der Waals surface area contributed by atoms with Crippen LogP contribution in [0.4, 0.5) is 0 Å². The minimum atomic E-state index is -0.399. The van der Waals surface area contributed by atoms with Crippen LogP contribution in [0, 0.1) is 0 Å². The molecule has 33 heavy (non-hydrogen) atoms. The molecule has 4 rings (SSSR count). The van der Waals surface area contributed by atoms with Crippen LogP contribution < -0.4 is 0 Å². The lowest BCUT2D eigenvalue weighted by molar-refractivity contribution is 0.0326. The Morgan fingerprint density at radius 3 is 1.91 bits per heavy atom. The molecule has 0 aliphatic carbocycles. The fourth-order valence-corrected chi connectivity index (χ4v) is 4.43. The highest BCUT2D eigenvalue weighted by Gasteiger charge is 2.32. The van der Waals surface area contributed by atoms with Gasteiger partial charge in [0.2, 0.25) is 0 Å². The monoisotopic (exact) mass is 500 g/mol. The summed E-state index contributed by atoms with van der Waals surface area (Å²) < 4.78 is 6.07. The van der Waals surface area contributed by atoms with Crippen molar-refractivity contribution in [2.24, 2.45) is 0 Å². The maximum absolute atomic E-state index is 6.98. The smallest absolute Gasteiger partial charge is 0.135 e. The van der Waals surface area contributed by atoms with Crippen LogP contribution in [-0.2, 0) is 4.74 Å². The number of rotatable bonds is 9. The van der Waals surface area contributed by atoms with Crippen LogP contribution >= 0.6 is 35.6 Å². The zero-order valence-electron chi connectivity index (χ0n) is 18.1. The standard InChI is InChI=1S/C27H26Cl2N2O.ClH/c1-2-19-32-26(23-13-15-24(28)16-14-23)27(29)31-18-17-30(20-31)25(21-9-5-3-6-10-21)22-11-7-4-8-12-22;/h2-18,25-27H,1,19-20H2;1H. The SMILES string of the molecule is C=CCOC(c1ccc(Cl)cc1)C(Cl)N1C=CN(C(c2ccccc2)c2ccccc2)C1.Cl. The van der Waals surface area contributed by atoms with Gasteiger partial charge in [-0.3, -0.25) is 0 Å². The van der Waals surface area contributed by atoms with E-state index in [4.69, 9.17) is 27.9 Å². The lowest BCUT2D eigenvalue weighted by Crippen LogP contribution is -2.37. The second-order valence-electron chi connectivity index (χ2n) is 7.66. The molecule has 0 saturated heterocycles. The van der Waals surface area contributed by atoms with Crippen molar-refractivity contribution in [3.63, 3.8) is 0 Å². The molecular formula is C27H27Cl3N2O. The van der Waals surface area contributed by atoms with Gasteiger partial charge in [0, 0.05) is 17.4 Å². The highest BCUT2D eigenvalue weighted by molar-refractivity contribution is 6.30. The molecule has 0 bridgehead atoms. The van der Waals surface area contributed by atoms with Crippen molar-refractivity contribution in [1.82, 2.24) is 9.80 Å². The van der Waals surface area contributed by atoms with Crippen LogP contribution in [0.2, 0.25) is 5.02 Å². The molecule has 172 valence electrons. The molecule has 0 spiro atoms. The lowest BCUT2D eigenvalue weighted by Gasteiger charge is -2.34. The summed E-state index contributed by atoms with van der Waals surface area (Å²) in [5.74, 6) is 0. The maximum atomic E-state index is 6.98. The molecule has 3 nitrogen and oxygen atoms in total. The van der Waals surface area contributed by atoms with E-state index in [2.05, 4.69) is 71.1 Å². The van der Waals surface area contributed by atoms with E-state index in [1.807, 2.05) is 42.6 Å². The molecule has 3 aromatic carbocycles. The Morgan fingerprint density at radius 2 is 1.36 bits per heavy atom. The third-order valence-corrected chi connectivity index (χ3v) is 6.23. The molecule has 0 N–H and O–H groups in total. The molecule has 0 fully saturated rings. The quantitative estimate of drug-likeness (QED) is 0.172. The topological polar surface area (TPSA) is 15.7 Å². The van der Waals surface area contributed by atoms with Gasteiger partial charge < -0.3 is 14.5 Å². The van der Waals surface area contributed by atoms with Crippen molar-refractivity contribution < 1.29 is 4.74 Å². The van der Waals surface area contributed by atoms with Gasteiger partial charge in [0.1, 0.15) is 11.6 Å². The van der Waals surface area contributed by atoms with Gasteiger partial charge in [-0.25, -0.2) is 0 Å². The van der Waals surface area contributed by atoms with E-state index >= 15 is 0 Å². The van der Waals surface area contributed by atoms with E-state index in [1.165, 1.54) is 11.1 Å². The molecule has 1 aliphatic rings. The van der Waals surface area contributed by atoms with Gasteiger partial charge >= 0.3 is 0 Å². The second kappa shape index (κ2) is 12.2. The second-order valence-corrected chi connectivity index (χ2v) is 8.54. The highest BCUT2D eigenvalue weighted by atomic mass is 35.5. The first kappa shape index (κ1) is 25.2. The summed E-state index contributed by atoms with van der Waals surface area (Å²) >= 11 is 13.1. The summed E-state index contributed by atoms with van der Waals surface area (Å²) in [5.41, 5.74) is 3.04. The first-order valence-corrected chi connectivity index (χ1v) is 11.4. The van der Waals surface area contributed by atoms with Gasteiger partial charge in [-0.2, -0.15) is 0 Å². The molecule has 0 radical (unpaired) electrons. The third kappa shape index (κ3) is 6.13. The lowest BCUT2D eigenvalue weighted by atomic mass is 9.98. The number of benzene rings is 3. The number of hydrogen-bond acceptors (Lipinski definition) is 3. The van der Waals surface area contributed by atoms with E-state index in [9.17, 15) is 0 Å². The van der Waals surface area contributed by atoms with Crippen LogP contribution in [0.3, 0.4) is 0 Å². The summed E-state index contributed by atoms with van der Waals surface area (Å²) in [6.07, 6.45) is 5.55. The fourth-order valence-electron chi connectivity index (χ4n) is 3.96. The van der Waals surface area contributed by atoms with E-state index < -0.39 is 5.50 Å². The molecule has 3 aromatic rings. The normalized spacial score (nSPS) is 14.8. The Labute approximate surface area is 212 Å². The Bertz CT molecular complexity index is 989. The van der Waals surface area contributed by atoms with E-state index in [1.54, 1.807) is 6.08 Å². The summed E-state index contributed by atoms with van der Waals surface area (Å²) in [6.45, 7) is 4.83. The molecule has 2 unspecified atom stereocenters. The minimum absolute atomic E-state index is 0. The van der Waals surface area contributed by atoms with Gasteiger partial charge in [-0.15, -0.1) is 19.0 Å². The first-order chi connectivity index (χ1) is 15.7. The van der Waals surface area contributed by atoms with Crippen LogP contribution in [0.1, 0.15) is 28.8 Å². The first-order valence-electron chi connectivity index (χ1n) is 10.6. The van der Waals surface area contributed by atoms with Crippen molar-refractivity contribution in [1.29, 1.82) is 0 Å². The van der Waals surface area contributed by atoms with E-state index in [0.29, 0.717) is 18.3 Å². The number of alkyl halides is 1. The van der Waals surface area contributed by atoms with Crippen LogP contribution in [0.5, 0.6) is 0 Å². The van der Waals surface area contributed by atoms with Gasteiger partial charge in [-0.1, -0.05) is 102 Å². The number of hydrogen-bond donors (Lipinski definition) is 0. The zero-order valence-corrected chi connectivity index (χ0v) is 20.5. The zero-order chi connectivity index (χ0) is 22.3. The van der Waals surface area contributed by atoms with Crippen molar-refractivity contribution in [3.05, 3.63) is 132 Å². The fraction of sp³-hybridized carbons (Fsp3) is 0.185. The third-order valence-electron chi connectivity index (χ3n) is 5.50. The molecule has 0 saturated carbocycles. The van der Waals surface area contributed by atoms with Crippen molar-refractivity contribution >= 4 is 35.6 Å². The Morgan fingerprint density at radius 1 is 0.818 bits per heavy atom. The van der Waals surface area contributed by atoms with Crippen LogP contribution in [0.15, 0.2) is 110 Å². The van der Waals surface area contributed by atoms with Gasteiger partial charge in [-0.05, 0) is 28.8 Å². The average Bonchev–Trinajstić information content (AvgIpc) is 3.31. The van der Waals surface area contributed by atoms with Crippen molar-refractivity contribution in [2.45, 2.75) is 17.6 Å². The van der Waals surface area contributed by atoms with Gasteiger partial charge in [0.15, 0.2) is 0 Å². The van der Waals surface area contributed by atoms with Gasteiger partial charge in [0.25, 0.3) is 0 Å². The minimum Gasteiger partial charge on any atom is -0.366 e. The Balaban J connectivity index is 0.00000306. The predicted molar refractivity (Wildman–Crippen MR) is 140 cm³/mol. The van der Waals surface area contributed by atoms with Crippen molar-refractivity contribution in [3.8, 4) is 0 Å². The molecule has 2 atom stereocenters. The van der Waals surface area contributed by atoms with E-state index in [-0.39, 0.29) is 24.6 Å². The largest absolute Gasteiger partial charge is 0.366 e. The van der Waals surface area contributed by atoms with Crippen molar-refractivity contribution in [2.75, 3.05) is 13.3 Å². The molecular weight excluding hydrogens is 475 g/mol. The number of ether oxygens (including phenoxy) is 1. The average molecular weight is 502 g/mol. The number of nitrogens with zero attached hydrogens (tertiary/aromatic N) is 2. The summed E-state index contributed by atoms with van der Waals surface area (Å²) in [6, 6.07) is 28.8. The highest BCUT2D eigenvalue weighted by Crippen LogP contribution is 2.35. The van der Waals surface area contributed by atoms with Crippen LogP contribution in [0.25, 0.3) is 0 Å². The molecule has 6 heteroatoms. The van der Waals surface area contributed by atoms with E-state index in [0.717, 1.165) is 5.56 Å². The molecule has 0 aromatic heterocycles.